The Labute approximate surface area is 107 Å². The van der Waals surface area contributed by atoms with Crippen LogP contribution in [0.1, 0.15) is 38.2 Å². The summed E-state index contributed by atoms with van der Waals surface area (Å²) in [7, 11) is 0. The zero-order chi connectivity index (χ0) is 11.4. The van der Waals surface area contributed by atoms with E-state index in [1.807, 2.05) is 0 Å². The van der Waals surface area contributed by atoms with Gasteiger partial charge in [0.15, 0.2) is 0 Å². The van der Waals surface area contributed by atoms with Gasteiger partial charge in [-0.3, -0.25) is 0 Å². The molecular formula is C14H20BrN. The van der Waals surface area contributed by atoms with Crippen LogP contribution >= 0.6 is 15.9 Å². The van der Waals surface area contributed by atoms with E-state index in [2.05, 4.69) is 52.4 Å². The van der Waals surface area contributed by atoms with Crippen LogP contribution in [0.25, 0.3) is 0 Å². The quantitative estimate of drug-likeness (QED) is 0.876. The molecule has 1 fully saturated rings. The summed E-state index contributed by atoms with van der Waals surface area (Å²) in [5.41, 5.74) is 1.37. The number of hydrogen-bond donors (Lipinski definition) is 1. The summed E-state index contributed by atoms with van der Waals surface area (Å²) in [6.07, 6.45) is 5.47. The Morgan fingerprint density at radius 2 is 2.12 bits per heavy atom. The van der Waals surface area contributed by atoms with Gasteiger partial charge in [0.25, 0.3) is 0 Å². The van der Waals surface area contributed by atoms with Crippen molar-refractivity contribution in [2.75, 3.05) is 0 Å². The third-order valence-corrected chi connectivity index (χ3v) is 4.47. The van der Waals surface area contributed by atoms with Crippen molar-refractivity contribution in [3.8, 4) is 0 Å². The van der Waals surface area contributed by atoms with Gasteiger partial charge in [0.2, 0.25) is 0 Å². The topological polar surface area (TPSA) is 12.0 Å². The molecule has 16 heavy (non-hydrogen) atoms. The Hall–Kier alpha value is -0.340. The predicted molar refractivity (Wildman–Crippen MR) is 72.4 cm³/mol. The first-order valence-corrected chi connectivity index (χ1v) is 7.07. The van der Waals surface area contributed by atoms with Crippen LogP contribution in [0.15, 0.2) is 28.7 Å². The highest BCUT2D eigenvalue weighted by molar-refractivity contribution is 9.10. The van der Waals surface area contributed by atoms with Gasteiger partial charge in [0.05, 0.1) is 0 Å². The van der Waals surface area contributed by atoms with Crippen molar-refractivity contribution in [2.45, 2.75) is 45.2 Å². The van der Waals surface area contributed by atoms with Gasteiger partial charge < -0.3 is 5.32 Å². The number of nitrogens with one attached hydrogen (secondary N) is 1. The molecule has 0 saturated heterocycles. The van der Waals surface area contributed by atoms with Gasteiger partial charge in [-0.15, -0.1) is 0 Å². The molecule has 2 heteroatoms. The molecule has 0 radical (unpaired) electrons. The molecule has 1 aromatic carbocycles. The summed E-state index contributed by atoms with van der Waals surface area (Å²) < 4.78 is 1.22. The molecule has 1 N–H and O–H groups in total. The normalized spacial score (nSPS) is 24.9. The fraction of sp³-hybridized carbons (Fsp3) is 0.571. The zero-order valence-corrected chi connectivity index (χ0v) is 11.5. The Balaban J connectivity index is 1.90. The highest BCUT2D eigenvalue weighted by atomic mass is 79.9. The molecule has 2 atom stereocenters. The van der Waals surface area contributed by atoms with Crippen LogP contribution in [-0.4, -0.2) is 6.04 Å². The minimum Gasteiger partial charge on any atom is -0.310 e. The lowest BCUT2D eigenvalue weighted by Gasteiger charge is -2.20. The molecule has 0 aromatic heterocycles. The maximum absolute atomic E-state index is 3.71. The number of rotatable bonds is 4. The molecule has 0 heterocycles. The summed E-state index contributed by atoms with van der Waals surface area (Å²) in [6, 6.07) is 9.21. The number of hydrogen-bond acceptors (Lipinski definition) is 1. The largest absolute Gasteiger partial charge is 0.310 e. The van der Waals surface area contributed by atoms with Gasteiger partial charge in [-0.1, -0.05) is 53.9 Å². The van der Waals surface area contributed by atoms with Gasteiger partial charge in [0, 0.05) is 17.1 Å². The summed E-state index contributed by atoms with van der Waals surface area (Å²) in [4.78, 5) is 0. The van der Waals surface area contributed by atoms with Gasteiger partial charge in [-0.2, -0.15) is 0 Å². The molecule has 1 aromatic rings. The van der Waals surface area contributed by atoms with Gasteiger partial charge in [-0.05, 0) is 30.4 Å². The van der Waals surface area contributed by atoms with Crippen molar-refractivity contribution in [3.05, 3.63) is 34.3 Å². The van der Waals surface area contributed by atoms with Crippen LogP contribution in [0.4, 0.5) is 0 Å². The fourth-order valence-electron chi connectivity index (χ4n) is 2.68. The summed E-state index contributed by atoms with van der Waals surface area (Å²) in [5, 5.41) is 3.71. The first-order chi connectivity index (χ1) is 7.81. The van der Waals surface area contributed by atoms with Crippen LogP contribution in [0, 0.1) is 5.92 Å². The third-order valence-electron chi connectivity index (χ3n) is 3.70. The smallest absolute Gasteiger partial charge is 0.0220 e. The molecule has 1 aliphatic carbocycles. The van der Waals surface area contributed by atoms with Gasteiger partial charge >= 0.3 is 0 Å². The van der Waals surface area contributed by atoms with Crippen molar-refractivity contribution in [2.24, 2.45) is 5.92 Å². The molecule has 2 rings (SSSR count). The van der Waals surface area contributed by atoms with Gasteiger partial charge in [0.1, 0.15) is 0 Å². The van der Waals surface area contributed by atoms with E-state index in [-0.39, 0.29) is 0 Å². The maximum Gasteiger partial charge on any atom is 0.0220 e. The van der Waals surface area contributed by atoms with Crippen molar-refractivity contribution in [1.29, 1.82) is 0 Å². The van der Waals surface area contributed by atoms with E-state index >= 15 is 0 Å². The highest BCUT2D eigenvalue weighted by Crippen LogP contribution is 2.28. The monoisotopic (exact) mass is 281 g/mol. The molecular weight excluding hydrogens is 262 g/mol. The zero-order valence-electron chi connectivity index (χ0n) is 9.88. The maximum atomic E-state index is 3.71. The fourth-order valence-corrected chi connectivity index (χ4v) is 3.10. The van der Waals surface area contributed by atoms with E-state index in [1.165, 1.54) is 35.7 Å². The van der Waals surface area contributed by atoms with E-state index in [0.717, 1.165) is 18.5 Å². The van der Waals surface area contributed by atoms with Crippen LogP contribution in [0.3, 0.4) is 0 Å². The summed E-state index contributed by atoms with van der Waals surface area (Å²) >= 11 is 3.60. The van der Waals surface area contributed by atoms with E-state index in [1.54, 1.807) is 0 Å². The molecule has 88 valence electrons. The Bertz CT molecular complexity index is 337. The second kappa shape index (κ2) is 5.83. The molecule has 1 nitrogen and oxygen atoms in total. The van der Waals surface area contributed by atoms with Crippen molar-refractivity contribution in [3.63, 3.8) is 0 Å². The van der Waals surface area contributed by atoms with Crippen LogP contribution in [-0.2, 0) is 6.54 Å². The van der Waals surface area contributed by atoms with Crippen molar-refractivity contribution >= 4 is 15.9 Å². The third kappa shape index (κ3) is 2.86. The molecule has 1 aliphatic rings. The lowest BCUT2D eigenvalue weighted by Crippen LogP contribution is -2.31. The van der Waals surface area contributed by atoms with Crippen molar-refractivity contribution < 1.29 is 0 Å². The molecule has 2 unspecified atom stereocenters. The Morgan fingerprint density at radius 3 is 2.88 bits per heavy atom. The SMILES string of the molecule is CCC1CCCC1NCc1ccccc1Br. The van der Waals surface area contributed by atoms with Crippen LogP contribution in [0.2, 0.25) is 0 Å². The van der Waals surface area contributed by atoms with Crippen LogP contribution < -0.4 is 5.32 Å². The molecule has 1 saturated carbocycles. The first kappa shape index (κ1) is 12.1. The molecule has 0 bridgehead atoms. The van der Waals surface area contributed by atoms with E-state index in [0.29, 0.717) is 0 Å². The lowest BCUT2D eigenvalue weighted by molar-refractivity contribution is 0.389. The Kier molecular flexibility index (Phi) is 4.42. The average Bonchev–Trinajstić information content (AvgIpc) is 2.75. The predicted octanol–water partition coefficient (Wildman–Crippen LogP) is 4.12. The number of halogens is 1. The van der Waals surface area contributed by atoms with E-state index in [4.69, 9.17) is 0 Å². The lowest BCUT2D eigenvalue weighted by atomic mass is 10.0. The van der Waals surface area contributed by atoms with E-state index in [9.17, 15) is 0 Å². The number of benzene rings is 1. The first-order valence-electron chi connectivity index (χ1n) is 6.28. The molecule has 0 spiro atoms. The summed E-state index contributed by atoms with van der Waals surface area (Å²) in [5.74, 6) is 0.891. The standard InChI is InChI=1S/C14H20BrN/c1-2-11-7-5-9-14(11)16-10-12-6-3-4-8-13(12)15/h3-4,6,8,11,14,16H,2,5,7,9-10H2,1H3. The minimum atomic E-state index is 0.733. The minimum absolute atomic E-state index is 0.733. The van der Waals surface area contributed by atoms with Crippen LogP contribution in [0.5, 0.6) is 0 Å². The van der Waals surface area contributed by atoms with Crippen molar-refractivity contribution in [1.82, 2.24) is 5.32 Å². The molecule has 0 amide bonds. The second-order valence-electron chi connectivity index (χ2n) is 4.68. The highest BCUT2D eigenvalue weighted by Gasteiger charge is 2.24. The summed E-state index contributed by atoms with van der Waals surface area (Å²) in [6.45, 7) is 3.30. The average molecular weight is 282 g/mol. The van der Waals surface area contributed by atoms with E-state index < -0.39 is 0 Å². The van der Waals surface area contributed by atoms with Gasteiger partial charge in [-0.25, -0.2) is 0 Å². The Morgan fingerprint density at radius 1 is 1.31 bits per heavy atom. The second-order valence-corrected chi connectivity index (χ2v) is 5.53. The molecule has 0 aliphatic heterocycles.